The van der Waals surface area contributed by atoms with Gasteiger partial charge in [0.25, 0.3) is 0 Å². The third kappa shape index (κ3) is 6.56. The fourth-order valence-corrected chi connectivity index (χ4v) is 8.65. The maximum absolute atomic E-state index is 14.1. The number of fused-ring (bicyclic) bond motifs is 5. The topological polar surface area (TPSA) is 119 Å². The van der Waals surface area contributed by atoms with Crippen LogP contribution in [0, 0.1) is 35.5 Å². The number of hydrogen-bond donors (Lipinski definition) is 1. The number of ketones is 1. The van der Waals surface area contributed by atoms with Crippen molar-refractivity contribution in [1.29, 1.82) is 0 Å². The van der Waals surface area contributed by atoms with Gasteiger partial charge in [-0.3, -0.25) is 14.4 Å². The maximum Gasteiger partial charge on any atom is 0.306 e. The van der Waals surface area contributed by atoms with Crippen LogP contribution in [-0.4, -0.2) is 88.4 Å². The van der Waals surface area contributed by atoms with Crippen LogP contribution in [0.4, 0.5) is 0 Å². The first-order chi connectivity index (χ1) is 21.2. The molecule has 5 rings (SSSR count). The van der Waals surface area contributed by atoms with E-state index in [0.717, 1.165) is 32.1 Å². The van der Waals surface area contributed by atoms with E-state index in [-0.39, 0.29) is 84.3 Å². The highest BCUT2D eigenvalue weighted by Gasteiger charge is 2.52. The van der Waals surface area contributed by atoms with E-state index in [0.29, 0.717) is 24.3 Å². The third-order valence-corrected chi connectivity index (χ3v) is 11.0. The van der Waals surface area contributed by atoms with Gasteiger partial charge in [-0.05, 0) is 74.7 Å². The van der Waals surface area contributed by atoms with Gasteiger partial charge in [-0.25, -0.2) is 0 Å². The third-order valence-electron chi connectivity index (χ3n) is 11.0. The van der Waals surface area contributed by atoms with E-state index in [4.69, 9.17) is 28.4 Å². The Labute approximate surface area is 261 Å². The van der Waals surface area contributed by atoms with Gasteiger partial charge in [0, 0.05) is 39.2 Å². The van der Waals surface area contributed by atoms with Gasteiger partial charge in [0.2, 0.25) is 6.41 Å². The lowest BCUT2D eigenvalue weighted by molar-refractivity contribution is -0.314. The van der Waals surface area contributed by atoms with E-state index in [9.17, 15) is 14.4 Å². The molecular weight excluding hydrogens is 566 g/mol. The highest BCUT2D eigenvalue weighted by atomic mass is 16.7. The highest BCUT2D eigenvalue weighted by molar-refractivity contribution is 5.99. The Bertz CT molecular complexity index is 1090. The molecule has 2 heterocycles. The van der Waals surface area contributed by atoms with Crippen LogP contribution in [0.3, 0.4) is 0 Å². The maximum atomic E-state index is 14.1. The normalized spacial score (nSPS) is 44.4. The van der Waals surface area contributed by atoms with E-state index in [1.54, 1.807) is 21.3 Å². The largest absolute Gasteiger partial charge is 0.462 e. The minimum Gasteiger partial charge on any atom is -0.462 e. The fraction of sp³-hybridized carbons (Fsp3) is 0.794. The van der Waals surface area contributed by atoms with Gasteiger partial charge in [-0.1, -0.05) is 32.1 Å². The zero-order valence-corrected chi connectivity index (χ0v) is 27.0. The number of methoxy groups -OCH3 is 3. The molecule has 246 valence electrons. The summed E-state index contributed by atoms with van der Waals surface area (Å²) in [6.07, 6.45) is 9.93. The Morgan fingerprint density at radius 3 is 2.41 bits per heavy atom. The number of Topliss-reactive ketones (excluding diaryl/α,β-unsaturated/α-hetero) is 1. The standard InChI is InChI=1S/C34H51NO9/c1-7-21-9-8-10-28(35-17-36)18(2)30(38)27-15-25-23(26(27)16-29(37)43-21)12-11-20-13-22(14-24(20)25)44-34-33(41-6)32(40-5)31(39-4)19(3)42-34/h11-12,15,17-26,28,31-34H,7-10,13-14,16H2,1-6H3,(H,35,36)/t18-,19?,20-,21+,22-,23-,24-,25-,26+,28+,31?,32?,33?,34?/m1/s1. The number of rotatable bonds is 8. The Balaban J connectivity index is 1.36. The van der Waals surface area contributed by atoms with Crippen LogP contribution >= 0.6 is 0 Å². The zero-order valence-electron chi connectivity index (χ0n) is 27.0. The molecule has 14 atom stereocenters. The molecule has 0 spiro atoms. The summed E-state index contributed by atoms with van der Waals surface area (Å²) in [7, 11) is 4.93. The van der Waals surface area contributed by atoms with E-state index in [1.807, 2.05) is 20.8 Å². The first kappa shape index (κ1) is 33.3. The molecule has 0 aromatic rings. The molecule has 2 saturated heterocycles. The number of nitrogens with one attached hydrogen (secondary N) is 1. The quantitative estimate of drug-likeness (QED) is 0.247. The van der Waals surface area contributed by atoms with Gasteiger partial charge >= 0.3 is 5.97 Å². The van der Waals surface area contributed by atoms with Gasteiger partial charge in [-0.2, -0.15) is 0 Å². The summed E-state index contributed by atoms with van der Waals surface area (Å²) in [5.41, 5.74) is 0.711. The zero-order chi connectivity index (χ0) is 31.5. The van der Waals surface area contributed by atoms with Crippen LogP contribution in [0.25, 0.3) is 0 Å². The second-order valence-corrected chi connectivity index (χ2v) is 13.3. The molecule has 0 aromatic heterocycles. The second kappa shape index (κ2) is 14.5. The molecule has 1 saturated carbocycles. The molecule has 3 aliphatic carbocycles. The average Bonchev–Trinajstić information content (AvgIpc) is 3.59. The smallest absolute Gasteiger partial charge is 0.306 e. The molecule has 0 aromatic carbocycles. The SMILES string of the molecule is CC[C@H]1CCC[C@H](NC=O)[C@@H](C)C(=O)C2=C[C@@H]3[C@@H](C=C[C@@H]4C[C@@H](OC5OC(C)C(OC)C(OC)C5OC)C[C@@H]34)[C@@H]2CC(=O)O1. The number of carbonyl (C=O) groups excluding carboxylic acids is 3. The summed E-state index contributed by atoms with van der Waals surface area (Å²) in [5.74, 6) is -0.146. The van der Waals surface area contributed by atoms with Crippen LogP contribution in [0.5, 0.6) is 0 Å². The molecule has 10 heteroatoms. The lowest BCUT2D eigenvalue weighted by atomic mass is 9.70. The fourth-order valence-electron chi connectivity index (χ4n) is 8.65. The number of carbonyl (C=O) groups is 3. The summed E-state index contributed by atoms with van der Waals surface area (Å²) in [5, 5.41) is 2.90. The average molecular weight is 618 g/mol. The lowest BCUT2D eigenvalue weighted by Gasteiger charge is -2.44. The number of hydrogen-bond acceptors (Lipinski definition) is 9. The summed E-state index contributed by atoms with van der Waals surface area (Å²) in [6, 6.07) is -0.260. The predicted octanol–water partition coefficient (Wildman–Crippen LogP) is 3.76. The van der Waals surface area contributed by atoms with Crippen molar-refractivity contribution in [1.82, 2.24) is 5.32 Å². The van der Waals surface area contributed by atoms with E-state index in [2.05, 4.69) is 23.5 Å². The molecular formula is C34H51NO9. The lowest BCUT2D eigenvalue weighted by Crippen LogP contribution is -2.59. The molecule has 0 bridgehead atoms. The molecule has 5 aliphatic rings. The van der Waals surface area contributed by atoms with E-state index >= 15 is 0 Å². The van der Waals surface area contributed by atoms with Gasteiger partial charge in [0.05, 0.1) is 18.6 Å². The number of allylic oxidation sites excluding steroid dienone is 4. The van der Waals surface area contributed by atoms with Crippen molar-refractivity contribution >= 4 is 18.2 Å². The summed E-state index contributed by atoms with van der Waals surface area (Å²) in [4.78, 5) is 38.7. The second-order valence-electron chi connectivity index (χ2n) is 13.3. The summed E-state index contributed by atoms with van der Waals surface area (Å²) >= 11 is 0. The Hall–Kier alpha value is -2.11. The van der Waals surface area contributed by atoms with E-state index < -0.39 is 12.4 Å². The summed E-state index contributed by atoms with van der Waals surface area (Å²) < 4.78 is 36.0. The molecule has 2 aliphatic heterocycles. The van der Waals surface area contributed by atoms with Crippen molar-refractivity contribution < 1.29 is 42.8 Å². The number of esters is 1. The van der Waals surface area contributed by atoms with Crippen molar-refractivity contribution in [3.05, 3.63) is 23.8 Å². The van der Waals surface area contributed by atoms with Gasteiger partial charge in [0.1, 0.15) is 24.4 Å². The van der Waals surface area contributed by atoms with Gasteiger partial charge < -0.3 is 33.7 Å². The van der Waals surface area contributed by atoms with Crippen LogP contribution in [0.2, 0.25) is 0 Å². The van der Waals surface area contributed by atoms with Crippen molar-refractivity contribution in [3.63, 3.8) is 0 Å². The molecule has 1 N–H and O–H groups in total. The Kier molecular flexibility index (Phi) is 11.0. The molecule has 5 unspecified atom stereocenters. The van der Waals surface area contributed by atoms with Crippen molar-refractivity contribution in [3.8, 4) is 0 Å². The van der Waals surface area contributed by atoms with Crippen LogP contribution in [-0.2, 0) is 42.8 Å². The van der Waals surface area contributed by atoms with Crippen molar-refractivity contribution in [2.75, 3.05) is 21.3 Å². The number of amides is 1. The van der Waals surface area contributed by atoms with Crippen LogP contribution < -0.4 is 5.32 Å². The predicted molar refractivity (Wildman–Crippen MR) is 161 cm³/mol. The Morgan fingerprint density at radius 2 is 1.73 bits per heavy atom. The van der Waals surface area contributed by atoms with Crippen LogP contribution in [0.15, 0.2) is 23.8 Å². The molecule has 0 radical (unpaired) electrons. The van der Waals surface area contributed by atoms with E-state index in [1.165, 1.54) is 0 Å². The number of ether oxygens (including phenoxy) is 6. The molecule has 44 heavy (non-hydrogen) atoms. The van der Waals surface area contributed by atoms with Crippen LogP contribution in [0.1, 0.15) is 65.7 Å². The highest BCUT2D eigenvalue weighted by Crippen LogP contribution is 2.54. The summed E-state index contributed by atoms with van der Waals surface area (Å²) in [6.45, 7) is 5.88. The van der Waals surface area contributed by atoms with Crippen molar-refractivity contribution in [2.45, 2.75) is 115 Å². The monoisotopic (exact) mass is 617 g/mol. The molecule has 1 amide bonds. The van der Waals surface area contributed by atoms with Gasteiger partial charge in [-0.15, -0.1) is 0 Å². The first-order valence-electron chi connectivity index (χ1n) is 16.5. The molecule has 3 fully saturated rings. The minimum absolute atomic E-state index is 0.0192. The van der Waals surface area contributed by atoms with Crippen molar-refractivity contribution in [2.24, 2.45) is 35.5 Å². The van der Waals surface area contributed by atoms with Gasteiger partial charge in [0.15, 0.2) is 12.1 Å². The Morgan fingerprint density at radius 1 is 0.977 bits per heavy atom. The molecule has 10 nitrogen and oxygen atoms in total. The number of cyclic esters (lactones) is 1. The first-order valence-corrected chi connectivity index (χ1v) is 16.5. The minimum atomic E-state index is -0.598.